The minimum atomic E-state index is -1.00. The Kier molecular flexibility index (Phi) is 4.31. The van der Waals surface area contributed by atoms with Gasteiger partial charge in [-0.1, -0.05) is 18.2 Å². The molecule has 0 fully saturated rings. The Morgan fingerprint density at radius 3 is 2.17 bits per heavy atom. The second kappa shape index (κ2) is 5.53. The predicted molar refractivity (Wildman–Crippen MR) is 67.6 cm³/mol. The van der Waals surface area contributed by atoms with Crippen LogP contribution in [0.25, 0.3) is 0 Å². The van der Waals surface area contributed by atoms with Crippen LogP contribution in [-0.4, -0.2) is 24.9 Å². The van der Waals surface area contributed by atoms with E-state index in [-0.39, 0.29) is 0 Å². The largest absolute Gasteiger partial charge is 0.517 e. The Balaban J connectivity index is 2.59. The smallest absolute Gasteiger partial charge is 0.428 e. The number of amides is 1. The van der Waals surface area contributed by atoms with E-state index in [2.05, 4.69) is 4.74 Å². The number of hydrogen-bond donors (Lipinski definition) is 0. The molecular weight excluding hydrogens is 234 g/mol. The van der Waals surface area contributed by atoms with Crippen molar-refractivity contribution >= 4 is 17.9 Å². The number of hydrogen-bond acceptors (Lipinski definition) is 4. The highest BCUT2D eigenvalue weighted by Gasteiger charge is 2.22. The molecule has 0 unspecified atom stereocenters. The van der Waals surface area contributed by atoms with Crippen molar-refractivity contribution in [3.63, 3.8) is 0 Å². The van der Waals surface area contributed by atoms with Crippen molar-refractivity contribution < 1.29 is 19.1 Å². The van der Waals surface area contributed by atoms with Gasteiger partial charge in [-0.15, -0.1) is 0 Å². The van der Waals surface area contributed by atoms with E-state index in [1.54, 1.807) is 45.0 Å². The summed E-state index contributed by atoms with van der Waals surface area (Å²) in [5.41, 5.74) is -0.0612. The van der Waals surface area contributed by atoms with Crippen LogP contribution in [0, 0.1) is 0 Å². The first-order chi connectivity index (χ1) is 8.29. The van der Waals surface area contributed by atoms with E-state index in [4.69, 9.17) is 4.74 Å². The van der Waals surface area contributed by atoms with Crippen LogP contribution < -0.4 is 4.90 Å². The Morgan fingerprint density at radius 2 is 1.67 bits per heavy atom. The monoisotopic (exact) mass is 251 g/mol. The second-order valence-corrected chi connectivity index (χ2v) is 4.73. The summed E-state index contributed by atoms with van der Waals surface area (Å²) in [5, 5.41) is 0. The van der Waals surface area contributed by atoms with Crippen molar-refractivity contribution in [2.24, 2.45) is 0 Å². The molecule has 0 spiro atoms. The topological polar surface area (TPSA) is 55.8 Å². The number of rotatable bonds is 1. The Labute approximate surface area is 106 Å². The third kappa shape index (κ3) is 4.45. The van der Waals surface area contributed by atoms with E-state index in [1.165, 1.54) is 11.9 Å². The van der Waals surface area contributed by atoms with Gasteiger partial charge < -0.3 is 9.47 Å². The summed E-state index contributed by atoms with van der Waals surface area (Å²) in [6.45, 7) is 5.08. The lowest BCUT2D eigenvalue weighted by atomic mass is 10.2. The van der Waals surface area contributed by atoms with E-state index >= 15 is 0 Å². The van der Waals surface area contributed by atoms with E-state index in [1.807, 2.05) is 6.07 Å². The fourth-order valence-corrected chi connectivity index (χ4v) is 1.17. The molecule has 5 heteroatoms. The second-order valence-electron chi connectivity index (χ2n) is 4.73. The summed E-state index contributed by atoms with van der Waals surface area (Å²) in [6.07, 6.45) is -1.79. The van der Waals surface area contributed by atoms with Crippen LogP contribution in [0.4, 0.5) is 15.3 Å². The molecule has 0 saturated heterocycles. The molecule has 0 bridgehead atoms. The van der Waals surface area contributed by atoms with Crippen molar-refractivity contribution in [3.8, 4) is 0 Å². The molecule has 0 heterocycles. The molecule has 0 aliphatic carbocycles. The average molecular weight is 251 g/mol. The van der Waals surface area contributed by atoms with Crippen LogP contribution in [0.1, 0.15) is 20.8 Å². The van der Waals surface area contributed by atoms with Gasteiger partial charge in [0.05, 0.1) is 0 Å². The van der Waals surface area contributed by atoms with E-state index in [0.717, 1.165) is 0 Å². The number of nitrogens with zero attached hydrogens (tertiary/aromatic N) is 1. The maximum atomic E-state index is 11.6. The van der Waals surface area contributed by atoms with Crippen molar-refractivity contribution in [1.82, 2.24) is 0 Å². The van der Waals surface area contributed by atoms with Crippen LogP contribution in [-0.2, 0) is 9.47 Å². The van der Waals surface area contributed by atoms with Crippen molar-refractivity contribution in [1.29, 1.82) is 0 Å². The molecule has 0 aliphatic rings. The summed E-state index contributed by atoms with van der Waals surface area (Å²) in [5.74, 6) is 0. The number of carbonyl (C=O) groups is 2. The van der Waals surface area contributed by atoms with Crippen molar-refractivity contribution in [3.05, 3.63) is 30.3 Å². The van der Waals surface area contributed by atoms with Gasteiger partial charge in [0.1, 0.15) is 5.60 Å². The molecule has 5 nitrogen and oxygen atoms in total. The zero-order valence-electron chi connectivity index (χ0n) is 11.0. The summed E-state index contributed by atoms with van der Waals surface area (Å²) < 4.78 is 9.45. The van der Waals surface area contributed by atoms with Gasteiger partial charge in [-0.25, -0.2) is 9.59 Å². The van der Waals surface area contributed by atoms with Crippen molar-refractivity contribution in [2.45, 2.75) is 26.4 Å². The molecule has 0 aliphatic heterocycles. The zero-order chi connectivity index (χ0) is 13.8. The molecule has 1 amide bonds. The Hall–Kier alpha value is -2.04. The summed E-state index contributed by atoms with van der Waals surface area (Å²) >= 11 is 0. The third-order valence-electron chi connectivity index (χ3n) is 1.98. The maximum absolute atomic E-state index is 11.6. The third-order valence-corrected chi connectivity index (χ3v) is 1.98. The highest BCUT2D eigenvalue weighted by atomic mass is 16.8. The maximum Gasteiger partial charge on any atom is 0.517 e. The molecule has 0 aromatic heterocycles. The summed E-state index contributed by atoms with van der Waals surface area (Å²) in [7, 11) is 1.52. The standard InChI is InChI=1S/C13H17NO4/c1-13(2,3)18-12(16)17-11(15)14(4)10-8-6-5-7-9-10/h5-9H,1-4H3. The molecule has 18 heavy (non-hydrogen) atoms. The van der Waals surface area contributed by atoms with Crippen LogP contribution in [0.3, 0.4) is 0 Å². The Bertz CT molecular complexity index is 422. The molecule has 1 aromatic rings. The molecule has 0 radical (unpaired) electrons. The molecule has 1 aromatic carbocycles. The normalized spacial score (nSPS) is 10.7. The molecule has 1 rings (SSSR count). The highest BCUT2D eigenvalue weighted by Crippen LogP contribution is 2.13. The zero-order valence-corrected chi connectivity index (χ0v) is 11.0. The minimum Gasteiger partial charge on any atom is -0.428 e. The fraction of sp³-hybridized carbons (Fsp3) is 0.385. The Morgan fingerprint density at radius 1 is 1.11 bits per heavy atom. The van der Waals surface area contributed by atoms with Gasteiger partial charge in [0.15, 0.2) is 0 Å². The van der Waals surface area contributed by atoms with E-state index in [0.29, 0.717) is 5.69 Å². The molecule has 0 saturated carbocycles. The number of benzene rings is 1. The SMILES string of the molecule is CN(C(=O)OC(=O)OC(C)(C)C)c1ccccc1. The molecule has 0 atom stereocenters. The first-order valence-corrected chi connectivity index (χ1v) is 5.53. The van der Waals surface area contributed by atoms with Crippen LogP contribution in [0.2, 0.25) is 0 Å². The quantitative estimate of drug-likeness (QED) is 0.568. The molecule has 98 valence electrons. The number of carbonyl (C=O) groups excluding carboxylic acids is 2. The minimum absolute atomic E-state index is 0.631. The van der Waals surface area contributed by atoms with Gasteiger partial charge in [-0.05, 0) is 32.9 Å². The summed E-state index contributed by atoms with van der Waals surface area (Å²) in [6, 6.07) is 8.86. The van der Waals surface area contributed by atoms with Crippen LogP contribution in [0.15, 0.2) is 30.3 Å². The fourth-order valence-electron chi connectivity index (χ4n) is 1.17. The highest BCUT2D eigenvalue weighted by molar-refractivity contribution is 5.92. The number of para-hydroxylation sites is 1. The summed E-state index contributed by atoms with van der Waals surface area (Å²) in [4.78, 5) is 24.2. The van der Waals surface area contributed by atoms with Gasteiger partial charge in [0.25, 0.3) is 0 Å². The lowest BCUT2D eigenvalue weighted by Gasteiger charge is -2.20. The lowest BCUT2D eigenvalue weighted by molar-refractivity contribution is 0.0102. The lowest BCUT2D eigenvalue weighted by Crippen LogP contribution is -2.32. The first-order valence-electron chi connectivity index (χ1n) is 5.53. The van der Waals surface area contributed by atoms with Gasteiger partial charge in [-0.2, -0.15) is 0 Å². The number of ether oxygens (including phenoxy) is 2. The van der Waals surface area contributed by atoms with Gasteiger partial charge >= 0.3 is 12.2 Å². The van der Waals surface area contributed by atoms with Gasteiger partial charge in [0, 0.05) is 12.7 Å². The van der Waals surface area contributed by atoms with Gasteiger partial charge in [0.2, 0.25) is 0 Å². The van der Waals surface area contributed by atoms with Crippen molar-refractivity contribution in [2.75, 3.05) is 11.9 Å². The molecule has 0 N–H and O–H groups in total. The van der Waals surface area contributed by atoms with Crippen LogP contribution >= 0.6 is 0 Å². The van der Waals surface area contributed by atoms with Gasteiger partial charge in [-0.3, -0.25) is 4.90 Å². The molecular formula is C13H17NO4. The number of anilines is 1. The van der Waals surface area contributed by atoms with E-state index < -0.39 is 17.8 Å². The first kappa shape index (κ1) is 14.0. The average Bonchev–Trinajstić information content (AvgIpc) is 2.26. The predicted octanol–water partition coefficient (Wildman–Crippen LogP) is 3.19. The van der Waals surface area contributed by atoms with Crippen LogP contribution in [0.5, 0.6) is 0 Å². The van der Waals surface area contributed by atoms with E-state index in [9.17, 15) is 9.59 Å².